The first-order valence-electron chi connectivity index (χ1n) is 7.36. The molecule has 3 rings (SSSR count). The summed E-state index contributed by atoms with van der Waals surface area (Å²) in [6, 6.07) is 6.58. The third kappa shape index (κ3) is 4.98. The number of aromatic nitrogens is 3. The molecule has 1 amide bonds. The Bertz CT molecular complexity index is 950. The van der Waals surface area contributed by atoms with Crippen LogP contribution in [0.4, 0.5) is 18.9 Å². The van der Waals surface area contributed by atoms with E-state index >= 15 is 0 Å². The second-order valence-electron chi connectivity index (χ2n) is 5.14. The van der Waals surface area contributed by atoms with Gasteiger partial charge in [-0.05, 0) is 30.3 Å². The summed E-state index contributed by atoms with van der Waals surface area (Å²) in [5.74, 6) is -0.409. The average molecular weight is 415 g/mol. The van der Waals surface area contributed by atoms with Crippen LogP contribution in [0.15, 0.2) is 52.4 Å². The van der Waals surface area contributed by atoms with Gasteiger partial charge < -0.3 is 9.73 Å². The molecule has 0 aliphatic carbocycles. The van der Waals surface area contributed by atoms with Gasteiger partial charge in [0.2, 0.25) is 11.8 Å². The molecular weight excluding hydrogens is 405 g/mol. The number of carbonyl (C=O) groups is 1. The summed E-state index contributed by atoms with van der Waals surface area (Å²) in [5.41, 5.74) is -0.409. The van der Waals surface area contributed by atoms with Crippen LogP contribution in [0.1, 0.15) is 5.56 Å². The van der Waals surface area contributed by atoms with Gasteiger partial charge in [-0.3, -0.25) is 9.78 Å². The molecule has 0 fully saturated rings. The average Bonchev–Trinajstić information content (AvgIpc) is 3.10. The van der Waals surface area contributed by atoms with Gasteiger partial charge in [0.15, 0.2) is 0 Å². The standard InChI is InChI=1S/C16H10ClF3N4O2S/c17-12-4-3-10(6-11(12)16(18,19)20)22-13(25)8-27-15-24-23-14(26-15)9-2-1-5-21-7-9/h1-7H,8H2,(H,22,25). The highest BCUT2D eigenvalue weighted by Crippen LogP contribution is 2.36. The molecule has 1 aromatic carbocycles. The van der Waals surface area contributed by atoms with E-state index in [1.807, 2.05) is 0 Å². The first-order valence-corrected chi connectivity index (χ1v) is 8.72. The van der Waals surface area contributed by atoms with Crippen molar-refractivity contribution in [1.29, 1.82) is 0 Å². The fraction of sp³-hybridized carbons (Fsp3) is 0.125. The summed E-state index contributed by atoms with van der Waals surface area (Å²) in [5, 5.41) is 9.73. The van der Waals surface area contributed by atoms with E-state index in [-0.39, 0.29) is 22.6 Å². The molecule has 0 saturated heterocycles. The number of amides is 1. The van der Waals surface area contributed by atoms with Crippen LogP contribution in [0.5, 0.6) is 0 Å². The Hall–Kier alpha value is -2.59. The predicted molar refractivity (Wildman–Crippen MR) is 93.3 cm³/mol. The van der Waals surface area contributed by atoms with Gasteiger partial charge in [-0.15, -0.1) is 10.2 Å². The van der Waals surface area contributed by atoms with E-state index in [2.05, 4.69) is 20.5 Å². The zero-order chi connectivity index (χ0) is 19.4. The number of alkyl halides is 3. The number of benzene rings is 1. The lowest BCUT2D eigenvalue weighted by Gasteiger charge is -2.11. The molecule has 3 aromatic rings. The van der Waals surface area contributed by atoms with Crippen molar-refractivity contribution in [2.24, 2.45) is 0 Å². The van der Waals surface area contributed by atoms with E-state index in [0.29, 0.717) is 5.56 Å². The maximum absolute atomic E-state index is 12.8. The molecule has 2 aromatic heterocycles. The minimum Gasteiger partial charge on any atom is -0.411 e. The normalized spacial score (nSPS) is 11.4. The third-order valence-corrected chi connectivity index (χ3v) is 4.35. The first kappa shape index (κ1) is 19.2. The fourth-order valence-electron chi connectivity index (χ4n) is 2.02. The molecule has 1 N–H and O–H groups in total. The van der Waals surface area contributed by atoms with Crippen molar-refractivity contribution in [1.82, 2.24) is 15.2 Å². The summed E-state index contributed by atoms with van der Waals surface area (Å²) in [6.45, 7) is 0. The zero-order valence-corrected chi connectivity index (χ0v) is 14.9. The lowest BCUT2D eigenvalue weighted by molar-refractivity contribution is -0.137. The summed E-state index contributed by atoms with van der Waals surface area (Å²) in [7, 11) is 0. The second kappa shape index (κ2) is 7.97. The highest BCUT2D eigenvalue weighted by molar-refractivity contribution is 7.99. The first-order chi connectivity index (χ1) is 12.8. The van der Waals surface area contributed by atoms with Gasteiger partial charge in [0.1, 0.15) is 0 Å². The van der Waals surface area contributed by atoms with Gasteiger partial charge in [0, 0.05) is 18.1 Å². The highest BCUT2D eigenvalue weighted by Gasteiger charge is 2.33. The number of carbonyl (C=O) groups excluding carboxylic acids is 1. The van der Waals surface area contributed by atoms with Crippen molar-refractivity contribution in [3.8, 4) is 11.5 Å². The fourth-order valence-corrected chi connectivity index (χ4v) is 2.81. The van der Waals surface area contributed by atoms with Crippen molar-refractivity contribution >= 4 is 35.0 Å². The zero-order valence-electron chi connectivity index (χ0n) is 13.3. The van der Waals surface area contributed by atoms with E-state index in [0.717, 1.165) is 23.9 Å². The quantitative estimate of drug-likeness (QED) is 0.617. The summed E-state index contributed by atoms with van der Waals surface area (Å²) >= 11 is 6.50. The molecule has 0 bridgehead atoms. The highest BCUT2D eigenvalue weighted by atomic mass is 35.5. The number of nitrogens with zero attached hydrogens (tertiary/aromatic N) is 3. The maximum Gasteiger partial charge on any atom is 0.417 e. The molecule has 0 unspecified atom stereocenters. The SMILES string of the molecule is O=C(CSc1nnc(-c2cccnc2)o1)Nc1ccc(Cl)c(C(F)(F)F)c1. The Balaban J connectivity index is 1.60. The van der Waals surface area contributed by atoms with E-state index in [1.165, 1.54) is 6.07 Å². The molecule has 11 heteroatoms. The lowest BCUT2D eigenvalue weighted by Crippen LogP contribution is -2.15. The van der Waals surface area contributed by atoms with Crippen LogP contribution >= 0.6 is 23.4 Å². The Morgan fingerprint density at radius 1 is 1.26 bits per heavy atom. The van der Waals surface area contributed by atoms with E-state index in [4.69, 9.17) is 16.0 Å². The van der Waals surface area contributed by atoms with Gasteiger partial charge in [0.05, 0.1) is 21.9 Å². The van der Waals surface area contributed by atoms with E-state index < -0.39 is 22.7 Å². The molecule has 27 heavy (non-hydrogen) atoms. The molecule has 0 saturated carbocycles. The van der Waals surface area contributed by atoms with Crippen molar-refractivity contribution in [2.75, 3.05) is 11.1 Å². The number of nitrogens with one attached hydrogen (secondary N) is 1. The molecule has 6 nitrogen and oxygen atoms in total. The van der Waals surface area contributed by atoms with Crippen molar-refractivity contribution in [3.05, 3.63) is 53.3 Å². The van der Waals surface area contributed by atoms with Gasteiger partial charge in [-0.1, -0.05) is 23.4 Å². The van der Waals surface area contributed by atoms with Gasteiger partial charge in [-0.2, -0.15) is 13.2 Å². The molecule has 0 radical (unpaired) electrons. The van der Waals surface area contributed by atoms with Crippen LogP contribution in [0.2, 0.25) is 5.02 Å². The molecule has 0 spiro atoms. The number of hydrogen-bond donors (Lipinski definition) is 1. The van der Waals surface area contributed by atoms with E-state index in [9.17, 15) is 18.0 Å². The molecule has 0 atom stereocenters. The van der Waals surface area contributed by atoms with Crippen LogP contribution in [-0.4, -0.2) is 26.8 Å². The van der Waals surface area contributed by atoms with Crippen molar-refractivity contribution < 1.29 is 22.4 Å². The van der Waals surface area contributed by atoms with Crippen LogP contribution in [0, 0.1) is 0 Å². The number of anilines is 1. The van der Waals surface area contributed by atoms with Gasteiger partial charge >= 0.3 is 6.18 Å². The van der Waals surface area contributed by atoms with Crippen LogP contribution in [0.25, 0.3) is 11.5 Å². The molecular formula is C16H10ClF3N4O2S. The number of thioether (sulfide) groups is 1. The summed E-state index contributed by atoms with van der Waals surface area (Å²) in [4.78, 5) is 15.9. The third-order valence-electron chi connectivity index (χ3n) is 3.20. The Morgan fingerprint density at radius 2 is 2.07 bits per heavy atom. The monoisotopic (exact) mass is 414 g/mol. The topological polar surface area (TPSA) is 80.9 Å². The summed E-state index contributed by atoms with van der Waals surface area (Å²) in [6.07, 6.45) is -1.46. The largest absolute Gasteiger partial charge is 0.417 e. The lowest BCUT2D eigenvalue weighted by atomic mass is 10.2. The maximum atomic E-state index is 12.8. The Kier molecular flexibility index (Phi) is 5.66. The van der Waals surface area contributed by atoms with Crippen LogP contribution < -0.4 is 5.32 Å². The Labute approximate surface area is 160 Å². The number of hydrogen-bond acceptors (Lipinski definition) is 6. The minimum absolute atomic E-state index is 0.0149. The second-order valence-corrected chi connectivity index (χ2v) is 6.48. The number of pyridine rings is 1. The van der Waals surface area contributed by atoms with Gasteiger partial charge in [-0.25, -0.2) is 0 Å². The minimum atomic E-state index is -4.61. The Morgan fingerprint density at radius 3 is 2.78 bits per heavy atom. The number of halogens is 4. The van der Waals surface area contributed by atoms with Crippen molar-refractivity contribution in [2.45, 2.75) is 11.4 Å². The van der Waals surface area contributed by atoms with Crippen LogP contribution in [0.3, 0.4) is 0 Å². The predicted octanol–water partition coefficient (Wildman–Crippen LogP) is 4.53. The molecule has 2 heterocycles. The molecule has 140 valence electrons. The van der Waals surface area contributed by atoms with Crippen molar-refractivity contribution in [3.63, 3.8) is 0 Å². The van der Waals surface area contributed by atoms with E-state index in [1.54, 1.807) is 24.5 Å². The smallest absolute Gasteiger partial charge is 0.411 e. The summed E-state index contributed by atoms with van der Waals surface area (Å²) < 4.78 is 43.9. The van der Waals surface area contributed by atoms with Gasteiger partial charge in [0.25, 0.3) is 5.22 Å². The molecule has 0 aliphatic heterocycles. The van der Waals surface area contributed by atoms with Crippen LogP contribution in [-0.2, 0) is 11.0 Å². The molecule has 0 aliphatic rings. The number of rotatable bonds is 5.